The zero-order valence-corrected chi connectivity index (χ0v) is 14.9. The number of hydrogen-bond donors (Lipinski definition) is 1. The van der Waals surface area contributed by atoms with Crippen molar-refractivity contribution in [3.63, 3.8) is 0 Å². The molecule has 1 unspecified atom stereocenters. The first-order chi connectivity index (χ1) is 11.7. The Labute approximate surface area is 148 Å². The summed E-state index contributed by atoms with van der Waals surface area (Å²) in [5.74, 6) is 1.00. The monoisotopic (exact) mass is 342 g/mol. The van der Waals surface area contributed by atoms with Gasteiger partial charge in [0.1, 0.15) is 5.75 Å². The third-order valence-corrected chi connectivity index (χ3v) is 4.83. The molecule has 0 aliphatic rings. The van der Waals surface area contributed by atoms with Gasteiger partial charge in [-0.1, -0.05) is 29.8 Å². The van der Waals surface area contributed by atoms with E-state index in [1.807, 2.05) is 18.2 Å². The standard InChI is InChI=1S/C20H23ClN2O/c1-3-23-13-15(17-6-4-5-7-19(17)23)10-14(12-22)18-11-16(21)8-9-20(18)24-2/h4-9,11,13-14H,3,10,12,22H2,1-2H3. The van der Waals surface area contributed by atoms with Crippen LogP contribution in [0.3, 0.4) is 0 Å². The van der Waals surface area contributed by atoms with Crippen molar-refractivity contribution in [2.45, 2.75) is 25.8 Å². The second kappa shape index (κ2) is 7.29. The molecule has 0 bridgehead atoms. The van der Waals surface area contributed by atoms with E-state index in [1.54, 1.807) is 7.11 Å². The summed E-state index contributed by atoms with van der Waals surface area (Å²) >= 11 is 6.20. The molecule has 0 radical (unpaired) electrons. The van der Waals surface area contributed by atoms with Crippen LogP contribution in [0.2, 0.25) is 5.02 Å². The lowest BCUT2D eigenvalue weighted by atomic mass is 9.91. The Morgan fingerprint density at radius 3 is 2.71 bits per heavy atom. The van der Waals surface area contributed by atoms with E-state index in [1.165, 1.54) is 16.5 Å². The van der Waals surface area contributed by atoms with Crippen LogP contribution >= 0.6 is 11.6 Å². The number of benzene rings is 2. The molecular weight excluding hydrogens is 320 g/mol. The van der Waals surface area contributed by atoms with E-state index in [4.69, 9.17) is 22.1 Å². The molecule has 1 atom stereocenters. The maximum absolute atomic E-state index is 6.20. The highest BCUT2D eigenvalue weighted by Gasteiger charge is 2.18. The average molecular weight is 343 g/mol. The molecule has 0 amide bonds. The van der Waals surface area contributed by atoms with Crippen LogP contribution in [-0.2, 0) is 13.0 Å². The number of methoxy groups -OCH3 is 1. The fourth-order valence-corrected chi connectivity index (χ4v) is 3.54. The maximum Gasteiger partial charge on any atom is 0.122 e. The minimum absolute atomic E-state index is 0.162. The molecule has 0 fully saturated rings. The number of fused-ring (bicyclic) bond motifs is 1. The summed E-state index contributed by atoms with van der Waals surface area (Å²) in [6, 6.07) is 14.2. The SMILES string of the molecule is CCn1cc(CC(CN)c2cc(Cl)ccc2OC)c2ccccc21. The molecule has 4 heteroatoms. The van der Waals surface area contributed by atoms with Crippen LogP contribution in [0.5, 0.6) is 5.75 Å². The summed E-state index contributed by atoms with van der Waals surface area (Å²) in [5, 5.41) is 2.00. The summed E-state index contributed by atoms with van der Waals surface area (Å²) in [4.78, 5) is 0. The lowest BCUT2D eigenvalue weighted by molar-refractivity contribution is 0.405. The Morgan fingerprint density at radius 1 is 1.21 bits per heavy atom. The molecule has 0 saturated carbocycles. The Hall–Kier alpha value is -1.97. The smallest absolute Gasteiger partial charge is 0.122 e. The van der Waals surface area contributed by atoms with Gasteiger partial charge in [-0.15, -0.1) is 0 Å². The van der Waals surface area contributed by atoms with Gasteiger partial charge in [0.2, 0.25) is 0 Å². The highest BCUT2D eigenvalue weighted by atomic mass is 35.5. The molecule has 0 saturated heterocycles. The van der Waals surface area contributed by atoms with Crippen molar-refractivity contribution in [3.05, 3.63) is 64.8 Å². The molecule has 0 aliphatic carbocycles. The van der Waals surface area contributed by atoms with E-state index < -0.39 is 0 Å². The molecule has 2 N–H and O–H groups in total. The number of ether oxygens (including phenoxy) is 1. The zero-order chi connectivity index (χ0) is 17.1. The van der Waals surface area contributed by atoms with Gasteiger partial charge in [-0.05, 0) is 49.7 Å². The van der Waals surface area contributed by atoms with Crippen molar-refractivity contribution in [1.82, 2.24) is 4.57 Å². The molecule has 3 rings (SSSR count). The largest absolute Gasteiger partial charge is 0.496 e. The fourth-order valence-electron chi connectivity index (χ4n) is 3.36. The van der Waals surface area contributed by atoms with Crippen LogP contribution in [-0.4, -0.2) is 18.2 Å². The molecule has 24 heavy (non-hydrogen) atoms. The van der Waals surface area contributed by atoms with Gasteiger partial charge >= 0.3 is 0 Å². The van der Waals surface area contributed by atoms with E-state index in [9.17, 15) is 0 Å². The summed E-state index contributed by atoms with van der Waals surface area (Å²) in [7, 11) is 1.68. The minimum Gasteiger partial charge on any atom is -0.496 e. The Morgan fingerprint density at radius 2 is 2.00 bits per heavy atom. The molecule has 0 spiro atoms. The zero-order valence-electron chi connectivity index (χ0n) is 14.1. The summed E-state index contributed by atoms with van der Waals surface area (Å²) in [5.41, 5.74) is 9.75. The van der Waals surface area contributed by atoms with Gasteiger partial charge in [0, 0.05) is 40.1 Å². The molecule has 1 aromatic heterocycles. The van der Waals surface area contributed by atoms with E-state index in [-0.39, 0.29) is 5.92 Å². The lowest BCUT2D eigenvalue weighted by Gasteiger charge is -2.18. The topological polar surface area (TPSA) is 40.2 Å². The Balaban J connectivity index is 2.01. The van der Waals surface area contributed by atoms with Crippen LogP contribution in [0, 0.1) is 0 Å². The molecule has 3 aromatic rings. The summed E-state index contributed by atoms with van der Waals surface area (Å²) in [6.45, 7) is 3.66. The van der Waals surface area contributed by atoms with Crippen molar-refractivity contribution >= 4 is 22.5 Å². The van der Waals surface area contributed by atoms with E-state index in [2.05, 4.69) is 42.0 Å². The van der Waals surface area contributed by atoms with E-state index in [0.29, 0.717) is 11.6 Å². The maximum atomic E-state index is 6.20. The van der Waals surface area contributed by atoms with E-state index >= 15 is 0 Å². The van der Waals surface area contributed by atoms with Crippen LogP contribution in [0.25, 0.3) is 10.9 Å². The molecule has 0 aliphatic heterocycles. The lowest BCUT2D eigenvalue weighted by Crippen LogP contribution is -2.16. The Bertz CT molecular complexity index is 841. The predicted octanol–water partition coefficient (Wildman–Crippen LogP) is 4.61. The minimum atomic E-state index is 0.162. The number of aromatic nitrogens is 1. The average Bonchev–Trinajstić information content (AvgIpc) is 2.97. The summed E-state index contributed by atoms with van der Waals surface area (Å²) < 4.78 is 7.80. The first-order valence-corrected chi connectivity index (χ1v) is 8.66. The Kier molecular flexibility index (Phi) is 5.12. The summed E-state index contributed by atoms with van der Waals surface area (Å²) in [6.07, 6.45) is 3.10. The number of rotatable bonds is 6. The number of aryl methyl sites for hydroxylation is 1. The van der Waals surface area contributed by atoms with Gasteiger partial charge < -0.3 is 15.0 Å². The van der Waals surface area contributed by atoms with Crippen molar-refractivity contribution in [3.8, 4) is 5.75 Å². The number of nitrogens with two attached hydrogens (primary N) is 1. The quantitative estimate of drug-likeness (QED) is 0.710. The second-order valence-corrected chi connectivity index (χ2v) is 6.42. The number of para-hydroxylation sites is 1. The van der Waals surface area contributed by atoms with Crippen molar-refractivity contribution in [1.29, 1.82) is 0 Å². The van der Waals surface area contributed by atoms with E-state index in [0.717, 1.165) is 24.3 Å². The molecule has 126 valence electrons. The predicted molar refractivity (Wildman–Crippen MR) is 101 cm³/mol. The molecular formula is C20H23ClN2O. The van der Waals surface area contributed by atoms with Gasteiger partial charge in [0.05, 0.1) is 7.11 Å². The molecule has 1 heterocycles. The second-order valence-electron chi connectivity index (χ2n) is 5.98. The van der Waals surface area contributed by atoms with Crippen molar-refractivity contribution < 1.29 is 4.74 Å². The van der Waals surface area contributed by atoms with Gasteiger partial charge in [-0.2, -0.15) is 0 Å². The van der Waals surface area contributed by atoms with Gasteiger partial charge in [-0.25, -0.2) is 0 Å². The van der Waals surface area contributed by atoms with Gasteiger partial charge in [0.15, 0.2) is 0 Å². The van der Waals surface area contributed by atoms with Crippen molar-refractivity contribution in [2.75, 3.05) is 13.7 Å². The highest BCUT2D eigenvalue weighted by Crippen LogP contribution is 2.33. The normalized spacial score (nSPS) is 12.5. The van der Waals surface area contributed by atoms with Crippen LogP contribution in [0.1, 0.15) is 24.0 Å². The fraction of sp³-hybridized carbons (Fsp3) is 0.300. The van der Waals surface area contributed by atoms with Crippen LogP contribution in [0.4, 0.5) is 0 Å². The first-order valence-electron chi connectivity index (χ1n) is 8.28. The van der Waals surface area contributed by atoms with Crippen LogP contribution in [0.15, 0.2) is 48.7 Å². The number of hydrogen-bond acceptors (Lipinski definition) is 2. The molecule has 2 aromatic carbocycles. The number of halogens is 1. The highest BCUT2D eigenvalue weighted by molar-refractivity contribution is 6.30. The third-order valence-electron chi connectivity index (χ3n) is 4.59. The molecule has 3 nitrogen and oxygen atoms in total. The van der Waals surface area contributed by atoms with Crippen molar-refractivity contribution in [2.24, 2.45) is 5.73 Å². The first kappa shape index (κ1) is 16.9. The third kappa shape index (κ3) is 3.14. The van der Waals surface area contributed by atoms with Gasteiger partial charge in [-0.3, -0.25) is 0 Å². The van der Waals surface area contributed by atoms with Gasteiger partial charge in [0.25, 0.3) is 0 Å². The number of nitrogens with zero attached hydrogens (tertiary/aromatic N) is 1. The van der Waals surface area contributed by atoms with Crippen LogP contribution < -0.4 is 10.5 Å².